The van der Waals surface area contributed by atoms with Crippen LogP contribution in [0, 0.1) is 13.8 Å². The predicted octanol–water partition coefficient (Wildman–Crippen LogP) is 3.08. The summed E-state index contributed by atoms with van der Waals surface area (Å²) in [5.41, 5.74) is 2.61. The summed E-state index contributed by atoms with van der Waals surface area (Å²) in [6.07, 6.45) is 0. The maximum absolute atomic E-state index is 12.5. The minimum absolute atomic E-state index is 0.0120. The first-order valence-corrected chi connectivity index (χ1v) is 7.28. The molecule has 1 heterocycles. The van der Waals surface area contributed by atoms with Crippen molar-refractivity contribution in [1.29, 1.82) is 0 Å². The molecule has 6 heteroatoms. The molecule has 2 aromatic rings. The first kappa shape index (κ1) is 16.6. The molecule has 0 aliphatic heterocycles. The van der Waals surface area contributed by atoms with Crippen LogP contribution in [0.3, 0.4) is 0 Å². The summed E-state index contributed by atoms with van der Waals surface area (Å²) >= 11 is 0. The second-order valence-electron chi connectivity index (χ2n) is 5.20. The third-order valence-electron chi connectivity index (χ3n) is 3.84. The van der Waals surface area contributed by atoms with Crippen LogP contribution in [-0.4, -0.2) is 28.7 Å². The molecule has 6 nitrogen and oxygen atoms in total. The van der Waals surface area contributed by atoms with Gasteiger partial charge < -0.3 is 19.7 Å². The van der Waals surface area contributed by atoms with Crippen LogP contribution in [0.15, 0.2) is 24.3 Å². The van der Waals surface area contributed by atoms with E-state index < -0.39 is 5.97 Å². The van der Waals surface area contributed by atoms with Crippen molar-refractivity contribution in [2.75, 3.05) is 12.4 Å². The second kappa shape index (κ2) is 6.56. The Kier molecular flexibility index (Phi) is 4.74. The van der Waals surface area contributed by atoms with Crippen LogP contribution in [-0.2, 0) is 6.54 Å². The Bertz CT molecular complexity index is 762. The van der Waals surface area contributed by atoms with E-state index in [4.69, 9.17) is 4.74 Å². The van der Waals surface area contributed by atoms with E-state index in [-0.39, 0.29) is 17.2 Å². The van der Waals surface area contributed by atoms with E-state index in [1.54, 1.807) is 12.1 Å². The van der Waals surface area contributed by atoms with Crippen molar-refractivity contribution in [2.45, 2.75) is 27.3 Å². The Balaban J connectivity index is 2.36. The first-order chi connectivity index (χ1) is 10.9. The standard InChI is InChI=1S/C17H20N2O4/c1-5-19-10(2)8-13(11(19)3)16(20)18-15-7-6-12(23-4)9-14(15)17(21)22/h6-9H,5H2,1-4H3,(H,18,20)(H,21,22). The number of nitrogens with zero attached hydrogens (tertiary/aromatic N) is 1. The number of hydrogen-bond acceptors (Lipinski definition) is 3. The lowest BCUT2D eigenvalue weighted by Gasteiger charge is -2.10. The molecule has 1 aromatic carbocycles. The highest BCUT2D eigenvalue weighted by atomic mass is 16.5. The summed E-state index contributed by atoms with van der Waals surface area (Å²) < 4.78 is 7.05. The molecule has 0 unspecified atom stereocenters. The fraction of sp³-hybridized carbons (Fsp3) is 0.294. The normalized spacial score (nSPS) is 10.4. The maximum Gasteiger partial charge on any atom is 0.337 e. The zero-order valence-electron chi connectivity index (χ0n) is 13.6. The number of hydrogen-bond donors (Lipinski definition) is 2. The molecule has 0 spiro atoms. The van der Waals surface area contributed by atoms with Crippen molar-refractivity contribution in [1.82, 2.24) is 4.57 Å². The van der Waals surface area contributed by atoms with Crippen LogP contribution in [0.25, 0.3) is 0 Å². The van der Waals surface area contributed by atoms with Crippen LogP contribution in [0.2, 0.25) is 0 Å². The van der Waals surface area contributed by atoms with Gasteiger partial charge in [0.05, 0.1) is 23.9 Å². The molecule has 0 aliphatic carbocycles. The number of amides is 1. The maximum atomic E-state index is 12.5. The summed E-state index contributed by atoms with van der Waals surface area (Å²) in [7, 11) is 1.46. The smallest absolute Gasteiger partial charge is 0.337 e. The predicted molar refractivity (Wildman–Crippen MR) is 87.5 cm³/mol. The molecule has 0 saturated heterocycles. The Morgan fingerprint density at radius 2 is 1.91 bits per heavy atom. The lowest BCUT2D eigenvalue weighted by Crippen LogP contribution is -2.16. The van der Waals surface area contributed by atoms with Gasteiger partial charge in [0.15, 0.2) is 0 Å². The van der Waals surface area contributed by atoms with Crippen molar-refractivity contribution in [3.05, 3.63) is 46.8 Å². The van der Waals surface area contributed by atoms with Gasteiger partial charge in [-0.05, 0) is 45.0 Å². The summed E-state index contributed by atoms with van der Waals surface area (Å²) in [5, 5.41) is 12.0. The molecular weight excluding hydrogens is 296 g/mol. The van der Waals surface area contributed by atoms with E-state index in [1.807, 2.05) is 25.3 Å². The number of carboxylic acids is 1. The van der Waals surface area contributed by atoms with Gasteiger partial charge in [0.2, 0.25) is 0 Å². The molecule has 0 bridgehead atoms. The number of carbonyl (C=O) groups is 2. The van der Waals surface area contributed by atoms with E-state index in [0.29, 0.717) is 11.3 Å². The van der Waals surface area contributed by atoms with Gasteiger partial charge in [0, 0.05) is 17.9 Å². The van der Waals surface area contributed by atoms with E-state index in [9.17, 15) is 14.7 Å². The Labute approximate surface area is 134 Å². The number of methoxy groups -OCH3 is 1. The largest absolute Gasteiger partial charge is 0.497 e. The molecule has 0 saturated carbocycles. The molecule has 0 atom stereocenters. The Hall–Kier alpha value is -2.76. The number of carboxylic acid groups (broad SMARTS) is 1. The number of ether oxygens (including phenoxy) is 1. The van der Waals surface area contributed by atoms with E-state index in [0.717, 1.165) is 17.9 Å². The van der Waals surface area contributed by atoms with Gasteiger partial charge in [0.25, 0.3) is 5.91 Å². The fourth-order valence-electron chi connectivity index (χ4n) is 2.64. The van der Waals surface area contributed by atoms with E-state index in [1.165, 1.54) is 19.2 Å². The minimum atomic E-state index is -1.13. The lowest BCUT2D eigenvalue weighted by molar-refractivity contribution is 0.0697. The summed E-state index contributed by atoms with van der Waals surface area (Å²) in [5.74, 6) is -1.03. The number of aromatic carboxylic acids is 1. The van der Waals surface area contributed by atoms with Crippen molar-refractivity contribution >= 4 is 17.6 Å². The highest BCUT2D eigenvalue weighted by Gasteiger charge is 2.18. The van der Waals surface area contributed by atoms with Crippen LogP contribution in [0.4, 0.5) is 5.69 Å². The molecule has 2 N–H and O–H groups in total. The number of nitrogens with one attached hydrogen (secondary N) is 1. The van der Waals surface area contributed by atoms with Crippen molar-refractivity contribution in [3.63, 3.8) is 0 Å². The third kappa shape index (κ3) is 3.21. The number of carbonyl (C=O) groups excluding carboxylic acids is 1. The highest BCUT2D eigenvalue weighted by Crippen LogP contribution is 2.24. The van der Waals surface area contributed by atoms with Gasteiger partial charge in [0.1, 0.15) is 5.75 Å². The quantitative estimate of drug-likeness (QED) is 0.888. The minimum Gasteiger partial charge on any atom is -0.497 e. The van der Waals surface area contributed by atoms with Gasteiger partial charge >= 0.3 is 5.97 Å². The molecule has 23 heavy (non-hydrogen) atoms. The first-order valence-electron chi connectivity index (χ1n) is 7.28. The molecule has 2 rings (SSSR count). The average molecular weight is 316 g/mol. The van der Waals surface area contributed by atoms with Crippen molar-refractivity contribution in [2.24, 2.45) is 0 Å². The van der Waals surface area contributed by atoms with E-state index in [2.05, 4.69) is 5.32 Å². The van der Waals surface area contributed by atoms with Crippen LogP contribution < -0.4 is 10.1 Å². The van der Waals surface area contributed by atoms with E-state index >= 15 is 0 Å². The number of anilines is 1. The van der Waals surface area contributed by atoms with Gasteiger partial charge in [-0.3, -0.25) is 4.79 Å². The molecular formula is C17H20N2O4. The average Bonchev–Trinajstić information content (AvgIpc) is 2.81. The van der Waals surface area contributed by atoms with Crippen molar-refractivity contribution < 1.29 is 19.4 Å². The highest BCUT2D eigenvalue weighted by molar-refractivity contribution is 6.08. The van der Waals surface area contributed by atoms with Gasteiger partial charge in [-0.15, -0.1) is 0 Å². The zero-order valence-corrected chi connectivity index (χ0v) is 13.6. The monoisotopic (exact) mass is 316 g/mol. The van der Waals surface area contributed by atoms with Gasteiger partial charge in [-0.2, -0.15) is 0 Å². The Morgan fingerprint density at radius 1 is 1.22 bits per heavy atom. The third-order valence-corrected chi connectivity index (χ3v) is 3.84. The summed E-state index contributed by atoms with van der Waals surface area (Å²) in [4.78, 5) is 23.9. The number of aryl methyl sites for hydroxylation is 1. The molecule has 1 amide bonds. The lowest BCUT2D eigenvalue weighted by atomic mass is 10.1. The number of rotatable bonds is 5. The van der Waals surface area contributed by atoms with Crippen molar-refractivity contribution in [3.8, 4) is 5.75 Å². The summed E-state index contributed by atoms with van der Waals surface area (Å²) in [6, 6.07) is 6.32. The molecule has 0 fully saturated rings. The zero-order chi connectivity index (χ0) is 17.1. The summed E-state index contributed by atoms with van der Waals surface area (Å²) in [6.45, 7) is 6.59. The van der Waals surface area contributed by atoms with Gasteiger partial charge in [-0.1, -0.05) is 0 Å². The van der Waals surface area contributed by atoms with Crippen LogP contribution >= 0.6 is 0 Å². The van der Waals surface area contributed by atoms with Crippen LogP contribution in [0.1, 0.15) is 39.0 Å². The molecule has 0 radical (unpaired) electrons. The number of aromatic nitrogens is 1. The number of benzene rings is 1. The topological polar surface area (TPSA) is 80.6 Å². The van der Waals surface area contributed by atoms with Crippen LogP contribution in [0.5, 0.6) is 5.75 Å². The second-order valence-corrected chi connectivity index (χ2v) is 5.20. The fourth-order valence-corrected chi connectivity index (χ4v) is 2.64. The molecule has 0 aliphatic rings. The molecule has 122 valence electrons. The Morgan fingerprint density at radius 3 is 2.43 bits per heavy atom. The SMILES string of the molecule is CCn1c(C)cc(C(=O)Nc2ccc(OC)cc2C(=O)O)c1C. The molecule has 1 aromatic heterocycles. The van der Waals surface area contributed by atoms with Gasteiger partial charge in [-0.25, -0.2) is 4.79 Å².